The van der Waals surface area contributed by atoms with E-state index in [1.54, 1.807) is 0 Å². The van der Waals surface area contributed by atoms with Crippen LogP contribution in [0.3, 0.4) is 0 Å². The van der Waals surface area contributed by atoms with E-state index in [0.29, 0.717) is 5.25 Å². The lowest BCUT2D eigenvalue weighted by Gasteiger charge is -2.21. The van der Waals surface area contributed by atoms with Gasteiger partial charge in [-0.15, -0.1) is 11.8 Å². The maximum Gasteiger partial charge on any atom is 0.128 e. The molecule has 2 unspecified atom stereocenters. The molecule has 3 nitrogen and oxygen atoms in total. The molecule has 4 heteroatoms. The van der Waals surface area contributed by atoms with Gasteiger partial charge in [0.15, 0.2) is 0 Å². The van der Waals surface area contributed by atoms with Crippen molar-refractivity contribution in [2.75, 3.05) is 5.43 Å². The van der Waals surface area contributed by atoms with E-state index in [0.717, 1.165) is 5.69 Å². The normalized spacial score (nSPS) is 20.3. The van der Waals surface area contributed by atoms with Gasteiger partial charge >= 0.3 is 0 Å². The Bertz CT molecular complexity index is 682. The van der Waals surface area contributed by atoms with Crippen molar-refractivity contribution in [3.8, 4) is 0 Å². The first-order valence-corrected chi connectivity index (χ1v) is 8.39. The summed E-state index contributed by atoms with van der Waals surface area (Å²) >= 11 is 1.88. The number of para-hydroxylation sites is 1. The maximum atomic E-state index is 4.72. The molecule has 2 atom stereocenters. The Labute approximate surface area is 136 Å². The first kappa shape index (κ1) is 15.1. The lowest BCUT2D eigenvalue weighted by Crippen LogP contribution is -2.38. The number of thioether (sulfide) groups is 1. The van der Waals surface area contributed by atoms with E-state index < -0.39 is 0 Å². The Morgan fingerprint density at radius 1 is 1.09 bits per heavy atom. The zero-order valence-electron chi connectivity index (χ0n) is 13.1. The summed E-state index contributed by atoms with van der Waals surface area (Å²) in [7, 11) is 0. The van der Waals surface area contributed by atoms with Gasteiger partial charge in [0, 0.05) is 27.6 Å². The van der Waals surface area contributed by atoms with Gasteiger partial charge in [-0.2, -0.15) is 0 Å². The highest BCUT2D eigenvalue weighted by Gasteiger charge is 2.22. The maximum absolute atomic E-state index is 4.72. The molecule has 2 aromatic rings. The van der Waals surface area contributed by atoms with E-state index in [1.807, 2.05) is 48.3 Å². The Balaban J connectivity index is 1.76. The number of fused-ring (bicyclic) bond motifs is 1. The van der Waals surface area contributed by atoms with Gasteiger partial charge in [-0.3, -0.25) is 4.99 Å². The number of hydrogen-bond donors (Lipinski definition) is 2. The van der Waals surface area contributed by atoms with Crippen LogP contribution >= 0.6 is 11.8 Å². The number of anilines is 1. The summed E-state index contributed by atoms with van der Waals surface area (Å²) < 4.78 is 0. The van der Waals surface area contributed by atoms with Crippen molar-refractivity contribution in [1.82, 2.24) is 5.43 Å². The third-order valence-corrected chi connectivity index (χ3v) is 5.13. The monoisotopic (exact) mass is 311 g/mol. The summed E-state index contributed by atoms with van der Waals surface area (Å²) in [5.41, 5.74) is 11.5. The van der Waals surface area contributed by atoms with Gasteiger partial charge in [-0.1, -0.05) is 29.8 Å². The van der Waals surface area contributed by atoms with Crippen LogP contribution in [0.2, 0.25) is 0 Å². The van der Waals surface area contributed by atoms with Crippen LogP contribution in [0.1, 0.15) is 23.6 Å². The third kappa shape index (κ3) is 3.34. The molecule has 2 aromatic carbocycles. The van der Waals surface area contributed by atoms with Crippen molar-refractivity contribution >= 4 is 23.7 Å². The number of hydrazine groups is 1. The summed E-state index contributed by atoms with van der Waals surface area (Å²) in [6.07, 6.45) is 2.02. The highest BCUT2D eigenvalue weighted by molar-refractivity contribution is 8.00. The quantitative estimate of drug-likeness (QED) is 0.836. The predicted molar refractivity (Wildman–Crippen MR) is 95.8 cm³/mol. The van der Waals surface area contributed by atoms with Crippen molar-refractivity contribution < 1.29 is 0 Å². The molecule has 0 amide bonds. The van der Waals surface area contributed by atoms with E-state index in [1.165, 1.54) is 21.6 Å². The van der Waals surface area contributed by atoms with Gasteiger partial charge in [0.2, 0.25) is 0 Å². The minimum absolute atomic E-state index is 0.0253. The van der Waals surface area contributed by atoms with E-state index in [2.05, 4.69) is 43.8 Å². The van der Waals surface area contributed by atoms with Gasteiger partial charge in [-0.05, 0) is 44.5 Å². The summed E-state index contributed by atoms with van der Waals surface area (Å²) in [5.74, 6) is 0. The average molecular weight is 311 g/mol. The standard InChI is InChI=1S/C18H21N3S/c1-12-9-13(2)17-15(10-12)11-19-18(14(3)22-17)21-20-16-7-5-4-6-8-16/h4-11,14,18,20-21H,1-3H3. The molecule has 0 aromatic heterocycles. The number of nitrogens with zero attached hydrogens (tertiary/aromatic N) is 1. The van der Waals surface area contributed by atoms with Gasteiger partial charge in [0.05, 0.1) is 0 Å². The van der Waals surface area contributed by atoms with Crippen LogP contribution in [-0.4, -0.2) is 17.6 Å². The second kappa shape index (κ2) is 6.55. The number of benzene rings is 2. The minimum atomic E-state index is 0.0253. The second-order valence-electron chi connectivity index (χ2n) is 5.68. The van der Waals surface area contributed by atoms with E-state index in [4.69, 9.17) is 4.99 Å². The molecule has 3 rings (SSSR count). The fourth-order valence-electron chi connectivity index (χ4n) is 2.61. The van der Waals surface area contributed by atoms with Crippen LogP contribution < -0.4 is 10.9 Å². The molecule has 1 heterocycles. The van der Waals surface area contributed by atoms with Crippen LogP contribution in [0.5, 0.6) is 0 Å². The summed E-state index contributed by atoms with van der Waals surface area (Å²) in [5, 5.41) is 0.343. The van der Waals surface area contributed by atoms with Crippen LogP contribution in [0.25, 0.3) is 0 Å². The van der Waals surface area contributed by atoms with Crippen LogP contribution in [0.15, 0.2) is 52.4 Å². The highest BCUT2D eigenvalue weighted by atomic mass is 32.2. The number of aliphatic imine (C=N–C) groups is 1. The average Bonchev–Trinajstić information content (AvgIpc) is 2.66. The van der Waals surface area contributed by atoms with Crippen molar-refractivity contribution in [3.05, 3.63) is 59.2 Å². The lowest BCUT2D eigenvalue weighted by atomic mass is 10.1. The molecular formula is C18H21N3S. The smallest absolute Gasteiger partial charge is 0.128 e. The lowest BCUT2D eigenvalue weighted by molar-refractivity contribution is 0.580. The van der Waals surface area contributed by atoms with E-state index >= 15 is 0 Å². The van der Waals surface area contributed by atoms with Crippen LogP contribution in [-0.2, 0) is 0 Å². The number of aryl methyl sites for hydroxylation is 2. The molecule has 1 aliphatic heterocycles. The topological polar surface area (TPSA) is 36.4 Å². The fraction of sp³-hybridized carbons (Fsp3) is 0.278. The van der Waals surface area contributed by atoms with Crippen molar-refractivity contribution in [2.24, 2.45) is 4.99 Å². The van der Waals surface area contributed by atoms with Crippen molar-refractivity contribution in [1.29, 1.82) is 0 Å². The zero-order chi connectivity index (χ0) is 15.5. The molecule has 0 saturated carbocycles. The summed E-state index contributed by atoms with van der Waals surface area (Å²) in [6.45, 7) is 6.52. The summed E-state index contributed by atoms with van der Waals surface area (Å²) in [6, 6.07) is 14.6. The number of hydrogen-bond acceptors (Lipinski definition) is 4. The Morgan fingerprint density at radius 2 is 1.86 bits per heavy atom. The summed E-state index contributed by atoms with van der Waals surface area (Å²) in [4.78, 5) is 6.06. The molecule has 0 fully saturated rings. The highest BCUT2D eigenvalue weighted by Crippen LogP contribution is 2.34. The molecule has 0 bridgehead atoms. The van der Waals surface area contributed by atoms with Crippen molar-refractivity contribution in [3.63, 3.8) is 0 Å². The zero-order valence-corrected chi connectivity index (χ0v) is 13.9. The first-order valence-electron chi connectivity index (χ1n) is 7.51. The molecule has 114 valence electrons. The van der Waals surface area contributed by atoms with Gasteiger partial charge in [0.1, 0.15) is 6.17 Å². The Hall–Kier alpha value is -1.78. The molecule has 1 aliphatic rings. The predicted octanol–water partition coefficient (Wildman–Crippen LogP) is 4.16. The minimum Gasteiger partial charge on any atom is -0.319 e. The van der Waals surface area contributed by atoms with Crippen molar-refractivity contribution in [2.45, 2.75) is 37.1 Å². The van der Waals surface area contributed by atoms with Crippen LogP contribution in [0.4, 0.5) is 5.69 Å². The van der Waals surface area contributed by atoms with Gasteiger partial charge in [0.25, 0.3) is 0 Å². The number of rotatable bonds is 3. The molecule has 0 aliphatic carbocycles. The molecule has 2 N–H and O–H groups in total. The number of nitrogens with one attached hydrogen (secondary N) is 2. The molecule has 0 spiro atoms. The van der Waals surface area contributed by atoms with Crippen LogP contribution in [0, 0.1) is 13.8 Å². The first-order chi connectivity index (χ1) is 10.6. The molecule has 0 radical (unpaired) electrons. The SMILES string of the molecule is Cc1cc(C)c2c(c1)C=NC(NNc1ccccc1)C(C)S2. The van der Waals surface area contributed by atoms with E-state index in [9.17, 15) is 0 Å². The molecule has 0 saturated heterocycles. The Morgan fingerprint density at radius 3 is 2.64 bits per heavy atom. The molecule has 22 heavy (non-hydrogen) atoms. The molecular weight excluding hydrogens is 290 g/mol. The largest absolute Gasteiger partial charge is 0.319 e. The van der Waals surface area contributed by atoms with E-state index in [-0.39, 0.29) is 6.17 Å². The van der Waals surface area contributed by atoms with Gasteiger partial charge < -0.3 is 5.43 Å². The van der Waals surface area contributed by atoms with Gasteiger partial charge in [-0.25, -0.2) is 5.43 Å². The second-order valence-corrected chi connectivity index (χ2v) is 7.07. The Kier molecular flexibility index (Phi) is 4.50. The fourth-order valence-corrected chi connectivity index (χ4v) is 3.74. The third-order valence-electron chi connectivity index (χ3n) is 3.71.